The van der Waals surface area contributed by atoms with Crippen molar-refractivity contribution >= 4 is 40.0 Å². The van der Waals surface area contributed by atoms with Gasteiger partial charge in [-0.1, -0.05) is 0 Å². The van der Waals surface area contributed by atoms with Gasteiger partial charge in [-0.3, -0.25) is 20.8 Å². The first-order valence-corrected chi connectivity index (χ1v) is 2.43. The summed E-state index contributed by atoms with van der Waals surface area (Å²) in [6.07, 6.45) is 0. The minimum absolute atomic E-state index is 0. The SMILES string of the molecule is NN.O=S(=O)(O)O.[NaH]. The molecule has 8 heteroatoms. The average Bonchev–Trinajstić information content (AvgIpc) is 1.36. The Kier molecular flexibility index (Phi) is 15.5. The van der Waals surface area contributed by atoms with E-state index in [1.54, 1.807) is 0 Å². The normalized spacial score (nSPS) is 8.00. The van der Waals surface area contributed by atoms with E-state index in [1.807, 2.05) is 0 Å². The third-order valence-corrected chi connectivity index (χ3v) is 0. The van der Waals surface area contributed by atoms with Gasteiger partial charge in [0.15, 0.2) is 0 Å². The molecule has 0 fully saturated rings. The second-order valence-electron chi connectivity index (χ2n) is 0.448. The Hall–Kier alpha value is 0.790. The zero-order chi connectivity index (χ0) is 6.50. The molecule has 0 aromatic carbocycles. The van der Waals surface area contributed by atoms with Crippen LogP contribution in [-0.2, 0) is 10.4 Å². The van der Waals surface area contributed by atoms with Crippen LogP contribution in [0.15, 0.2) is 0 Å². The van der Waals surface area contributed by atoms with Crippen LogP contribution >= 0.6 is 0 Å². The summed E-state index contributed by atoms with van der Waals surface area (Å²) >= 11 is 0. The van der Waals surface area contributed by atoms with Crippen LogP contribution in [0, 0.1) is 0 Å². The summed E-state index contributed by atoms with van der Waals surface area (Å²) in [5.74, 6) is 8.00. The first-order valence-electron chi connectivity index (χ1n) is 1.03. The van der Waals surface area contributed by atoms with Gasteiger partial charge >= 0.3 is 40.0 Å². The van der Waals surface area contributed by atoms with Gasteiger partial charge in [0.25, 0.3) is 0 Å². The van der Waals surface area contributed by atoms with Crippen molar-refractivity contribution in [3.8, 4) is 0 Å². The van der Waals surface area contributed by atoms with Crippen LogP contribution in [0.4, 0.5) is 0 Å². The summed E-state index contributed by atoms with van der Waals surface area (Å²) in [6.45, 7) is 0. The van der Waals surface area contributed by atoms with E-state index in [0.717, 1.165) is 0 Å². The standard InChI is InChI=1S/H4N2.Na.H2O4S.H/c1-2;;1-5(2,3)4;/h1-2H2;;(H2,1,2,3,4);. The predicted octanol–water partition coefficient (Wildman–Crippen LogP) is -2.48. The van der Waals surface area contributed by atoms with Gasteiger partial charge in [-0.05, 0) is 0 Å². The molecule has 0 aliphatic carbocycles. The Morgan fingerprint density at radius 3 is 1.12 bits per heavy atom. The molecule has 0 saturated carbocycles. The number of hydrogen-bond donors (Lipinski definition) is 4. The Labute approximate surface area is 69.1 Å². The van der Waals surface area contributed by atoms with E-state index in [-0.39, 0.29) is 29.6 Å². The van der Waals surface area contributed by atoms with Crippen LogP contribution in [0.5, 0.6) is 0 Å². The van der Waals surface area contributed by atoms with Crippen LogP contribution in [0.1, 0.15) is 0 Å². The fraction of sp³-hybridized carbons (Fsp3) is 0. The summed E-state index contributed by atoms with van der Waals surface area (Å²) in [5.41, 5.74) is 0. The Morgan fingerprint density at radius 2 is 1.12 bits per heavy atom. The molecule has 0 atom stereocenters. The molecule has 0 unspecified atom stereocenters. The fourth-order valence-electron chi connectivity index (χ4n) is 0. The third-order valence-electron chi connectivity index (χ3n) is 0. The van der Waals surface area contributed by atoms with E-state index in [0.29, 0.717) is 0 Å². The van der Waals surface area contributed by atoms with Crippen molar-refractivity contribution in [1.29, 1.82) is 0 Å². The summed E-state index contributed by atoms with van der Waals surface area (Å²) < 4.78 is 31.6. The van der Waals surface area contributed by atoms with Crippen molar-refractivity contribution in [3.05, 3.63) is 0 Å². The molecule has 0 radical (unpaired) electrons. The zero-order valence-corrected chi connectivity index (χ0v) is 4.09. The van der Waals surface area contributed by atoms with Crippen molar-refractivity contribution in [2.45, 2.75) is 0 Å². The molecule has 0 bridgehead atoms. The average molecular weight is 154 g/mol. The van der Waals surface area contributed by atoms with Crippen molar-refractivity contribution in [2.24, 2.45) is 11.7 Å². The number of hydrogen-bond acceptors (Lipinski definition) is 4. The zero-order valence-electron chi connectivity index (χ0n) is 3.27. The van der Waals surface area contributed by atoms with Crippen LogP contribution < -0.4 is 11.7 Å². The number of nitrogens with two attached hydrogens (primary N) is 2. The molecule has 0 heterocycles. The predicted molar refractivity (Wildman–Crippen MR) is 29.7 cm³/mol. The van der Waals surface area contributed by atoms with E-state index >= 15 is 0 Å². The molecular weight excluding hydrogens is 147 g/mol. The molecule has 6 nitrogen and oxygen atoms in total. The molecule has 0 aliphatic heterocycles. The first-order chi connectivity index (χ1) is 3.00. The van der Waals surface area contributed by atoms with Crippen molar-refractivity contribution in [3.63, 3.8) is 0 Å². The second-order valence-corrected chi connectivity index (χ2v) is 1.34. The topological polar surface area (TPSA) is 127 Å². The molecule has 0 aromatic rings. The summed E-state index contributed by atoms with van der Waals surface area (Å²) in [6, 6.07) is 0. The van der Waals surface area contributed by atoms with Crippen molar-refractivity contribution in [1.82, 2.24) is 0 Å². The maximum atomic E-state index is 8.74. The first kappa shape index (κ1) is 15.9. The van der Waals surface area contributed by atoms with E-state index in [9.17, 15) is 0 Å². The molecule has 8 heavy (non-hydrogen) atoms. The van der Waals surface area contributed by atoms with E-state index in [1.165, 1.54) is 0 Å². The molecule has 0 saturated heterocycles. The van der Waals surface area contributed by atoms with Gasteiger partial charge in [0.1, 0.15) is 0 Å². The Bertz CT molecular complexity index is 97.2. The molecule has 6 N–H and O–H groups in total. The quantitative estimate of drug-likeness (QED) is 0.132. The molecule has 0 spiro atoms. The third kappa shape index (κ3) is 365. The van der Waals surface area contributed by atoms with E-state index < -0.39 is 10.4 Å². The summed E-state index contributed by atoms with van der Waals surface area (Å²) in [4.78, 5) is 0. The van der Waals surface area contributed by atoms with E-state index in [2.05, 4.69) is 11.7 Å². The van der Waals surface area contributed by atoms with Crippen LogP contribution in [-0.4, -0.2) is 47.1 Å². The van der Waals surface area contributed by atoms with Gasteiger partial charge in [-0.25, -0.2) is 0 Å². The fourth-order valence-corrected chi connectivity index (χ4v) is 0. The second kappa shape index (κ2) is 7.79. The van der Waals surface area contributed by atoms with Crippen molar-refractivity contribution in [2.75, 3.05) is 0 Å². The molecule has 0 aromatic heterocycles. The summed E-state index contributed by atoms with van der Waals surface area (Å²) in [7, 11) is -4.67. The Balaban J connectivity index is -0.0000000750. The molecule has 0 rings (SSSR count). The molecular formula is H7N2NaO4S. The van der Waals surface area contributed by atoms with Gasteiger partial charge < -0.3 is 0 Å². The number of hydrazine groups is 1. The maximum absolute atomic E-state index is 8.74. The number of rotatable bonds is 0. The molecule has 0 aliphatic rings. The van der Waals surface area contributed by atoms with Gasteiger partial charge in [0.05, 0.1) is 0 Å². The molecule has 0 amide bonds. The summed E-state index contributed by atoms with van der Waals surface area (Å²) in [5, 5.41) is 0. The van der Waals surface area contributed by atoms with Gasteiger partial charge in [0, 0.05) is 0 Å². The van der Waals surface area contributed by atoms with Gasteiger partial charge in [-0.2, -0.15) is 8.42 Å². The van der Waals surface area contributed by atoms with Crippen LogP contribution in [0.3, 0.4) is 0 Å². The minimum atomic E-state index is -4.67. The monoisotopic (exact) mass is 154 g/mol. The van der Waals surface area contributed by atoms with Crippen LogP contribution in [0.2, 0.25) is 0 Å². The van der Waals surface area contributed by atoms with Gasteiger partial charge in [0.2, 0.25) is 0 Å². The van der Waals surface area contributed by atoms with E-state index in [4.69, 9.17) is 17.5 Å². The molecule has 48 valence electrons. The van der Waals surface area contributed by atoms with Crippen LogP contribution in [0.25, 0.3) is 0 Å². The Morgan fingerprint density at radius 1 is 1.12 bits per heavy atom. The van der Waals surface area contributed by atoms with Gasteiger partial charge in [-0.15, -0.1) is 0 Å². The van der Waals surface area contributed by atoms with Crippen molar-refractivity contribution < 1.29 is 17.5 Å².